The Morgan fingerprint density at radius 1 is 1.71 bits per heavy atom. The van der Waals surface area contributed by atoms with Crippen LogP contribution in [0.1, 0.15) is 0 Å². The summed E-state index contributed by atoms with van der Waals surface area (Å²) in [5, 5.41) is 3.03. The van der Waals surface area contributed by atoms with E-state index in [9.17, 15) is 4.79 Å². The van der Waals surface area contributed by atoms with Gasteiger partial charge in [0.05, 0.1) is 11.6 Å². The lowest BCUT2D eigenvalue weighted by Crippen LogP contribution is -2.16. The third-order valence-corrected chi connectivity index (χ3v) is 2.64. The fourth-order valence-electron chi connectivity index (χ4n) is 0.700. The van der Waals surface area contributed by atoms with Crippen molar-refractivity contribution in [3.63, 3.8) is 0 Å². The number of hydrogen-bond donors (Lipinski definition) is 1. The second-order valence-corrected chi connectivity index (χ2v) is 3.41. The lowest BCUT2D eigenvalue weighted by molar-refractivity contribution is -0.138. The van der Waals surface area contributed by atoms with Gasteiger partial charge in [0.2, 0.25) is 0 Å². The van der Waals surface area contributed by atoms with E-state index in [1.807, 2.05) is 0 Å². The lowest BCUT2D eigenvalue weighted by Gasteiger charge is -2.05. The maximum atomic E-state index is 10.8. The van der Waals surface area contributed by atoms with E-state index >= 15 is 0 Å². The molecule has 0 aliphatic carbocycles. The fourth-order valence-corrected chi connectivity index (χ4v) is 1.18. The lowest BCUT2D eigenvalue weighted by atomic mass is 10.5. The number of ether oxygens (including phenoxy) is 1. The van der Waals surface area contributed by atoms with E-state index in [0.717, 1.165) is 0 Å². The van der Waals surface area contributed by atoms with Crippen LogP contribution in [0.15, 0.2) is 10.8 Å². The van der Waals surface area contributed by atoms with Gasteiger partial charge >= 0.3 is 5.97 Å². The Balaban J connectivity index is 2.68. The standard InChI is InChI=1S/C7H7BrClN3O2/c1-14-4(13)2-10-7-5(8)6(9)11-3-12-7/h3H,2H2,1H3,(H,10,11,12). The van der Waals surface area contributed by atoms with Crippen LogP contribution in [0.2, 0.25) is 5.15 Å². The number of esters is 1. The third kappa shape index (κ3) is 2.81. The van der Waals surface area contributed by atoms with Crippen molar-refractivity contribution in [1.82, 2.24) is 9.97 Å². The number of carbonyl (C=O) groups excluding carboxylic acids is 1. The van der Waals surface area contributed by atoms with Crippen molar-refractivity contribution >= 4 is 39.3 Å². The summed E-state index contributed by atoms with van der Waals surface area (Å²) < 4.78 is 4.97. The number of anilines is 1. The second-order valence-electron chi connectivity index (χ2n) is 2.26. The first-order valence-corrected chi connectivity index (χ1v) is 4.79. The van der Waals surface area contributed by atoms with E-state index in [4.69, 9.17) is 11.6 Å². The number of nitrogens with one attached hydrogen (secondary N) is 1. The van der Waals surface area contributed by atoms with Gasteiger partial charge < -0.3 is 10.1 Å². The number of hydrogen-bond acceptors (Lipinski definition) is 5. The van der Waals surface area contributed by atoms with E-state index in [0.29, 0.717) is 10.3 Å². The molecule has 14 heavy (non-hydrogen) atoms. The number of nitrogens with zero attached hydrogens (tertiary/aromatic N) is 2. The third-order valence-electron chi connectivity index (χ3n) is 1.37. The van der Waals surface area contributed by atoms with Crippen molar-refractivity contribution in [3.05, 3.63) is 16.0 Å². The number of aromatic nitrogens is 2. The Labute approximate surface area is 94.0 Å². The van der Waals surface area contributed by atoms with E-state index in [2.05, 4.69) is 36.0 Å². The van der Waals surface area contributed by atoms with Crippen molar-refractivity contribution in [3.8, 4) is 0 Å². The molecule has 1 heterocycles. The molecule has 0 unspecified atom stereocenters. The Morgan fingerprint density at radius 3 is 3.07 bits per heavy atom. The highest BCUT2D eigenvalue weighted by molar-refractivity contribution is 9.10. The van der Waals surface area contributed by atoms with Crippen LogP contribution in [-0.4, -0.2) is 29.6 Å². The van der Waals surface area contributed by atoms with Gasteiger partial charge in [-0.2, -0.15) is 0 Å². The molecule has 1 N–H and O–H groups in total. The molecule has 5 nitrogen and oxygen atoms in total. The minimum absolute atomic E-state index is 0.0302. The molecule has 0 aliphatic rings. The Kier molecular flexibility index (Phi) is 4.09. The Morgan fingerprint density at radius 2 is 2.43 bits per heavy atom. The molecule has 0 bridgehead atoms. The Bertz CT molecular complexity index is 348. The van der Waals surface area contributed by atoms with Crippen LogP contribution in [0.4, 0.5) is 5.82 Å². The molecule has 0 radical (unpaired) electrons. The molecular weight excluding hydrogens is 273 g/mol. The molecule has 1 aromatic heterocycles. The SMILES string of the molecule is COC(=O)CNc1ncnc(Cl)c1Br. The summed E-state index contributed by atoms with van der Waals surface area (Å²) in [6.45, 7) is 0.0302. The number of rotatable bonds is 3. The summed E-state index contributed by atoms with van der Waals surface area (Å²) in [5.74, 6) is 0.0713. The first kappa shape index (κ1) is 11.2. The minimum atomic E-state index is -0.383. The summed E-state index contributed by atoms with van der Waals surface area (Å²) in [4.78, 5) is 18.4. The summed E-state index contributed by atoms with van der Waals surface area (Å²) in [6, 6.07) is 0. The van der Waals surface area contributed by atoms with Crippen molar-refractivity contribution in [2.75, 3.05) is 19.0 Å². The largest absolute Gasteiger partial charge is 0.468 e. The van der Waals surface area contributed by atoms with Crippen molar-refractivity contribution in [2.45, 2.75) is 0 Å². The van der Waals surface area contributed by atoms with Gasteiger partial charge in [-0.3, -0.25) is 4.79 Å². The van der Waals surface area contributed by atoms with E-state index in [1.54, 1.807) is 0 Å². The highest BCUT2D eigenvalue weighted by Crippen LogP contribution is 2.25. The predicted octanol–water partition coefficient (Wildman–Crippen LogP) is 1.48. The summed E-state index contributed by atoms with van der Waals surface area (Å²) in [5.41, 5.74) is 0. The maximum Gasteiger partial charge on any atom is 0.325 e. The van der Waals surface area contributed by atoms with Crippen LogP contribution in [0.5, 0.6) is 0 Å². The Hall–Kier alpha value is -0.880. The zero-order valence-corrected chi connectivity index (χ0v) is 9.59. The summed E-state index contributed by atoms with van der Waals surface area (Å²) >= 11 is 8.89. The van der Waals surface area contributed by atoms with Crippen molar-refractivity contribution < 1.29 is 9.53 Å². The average molecular weight is 281 g/mol. The van der Waals surface area contributed by atoms with Crippen LogP contribution in [0, 0.1) is 0 Å². The van der Waals surface area contributed by atoms with Gasteiger partial charge in [0.25, 0.3) is 0 Å². The number of carbonyl (C=O) groups is 1. The monoisotopic (exact) mass is 279 g/mol. The average Bonchev–Trinajstić information content (AvgIpc) is 2.20. The van der Waals surface area contributed by atoms with Crippen molar-refractivity contribution in [1.29, 1.82) is 0 Å². The maximum absolute atomic E-state index is 10.8. The smallest absolute Gasteiger partial charge is 0.325 e. The minimum Gasteiger partial charge on any atom is -0.468 e. The molecular formula is C7H7BrClN3O2. The van der Waals surface area contributed by atoms with Gasteiger partial charge in [0.15, 0.2) is 0 Å². The van der Waals surface area contributed by atoms with Crippen LogP contribution in [-0.2, 0) is 9.53 Å². The first-order valence-electron chi connectivity index (χ1n) is 3.62. The predicted molar refractivity (Wildman–Crippen MR) is 55.2 cm³/mol. The van der Waals surface area contributed by atoms with Crippen LogP contribution < -0.4 is 5.32 Å². The van der Waals surface area contributed by atoms with Gasteiger partial charge in [-0.15, -0.1) is 0 Å². The van der Waals surface area contributed by atoms with Crippen LogP contribution >= 0.6 is 27.5 Å². The van der Waals surface area contributed by atoms with Crippen LogP contribution in [0.3, 0.4) is 0 Å². The molecule has 0 saturated heterocycles. The first-order chi connectivity index (χ1) is 6.65. The summed E-state index contributed by atoms with van der Waals surface area (Å²) in [6.07, 6.45) is 1.30. The molecule has 0 fully saturated rings. The molecule has 0 spiro atoms. The van der Waals surface area contributed by atoms with Gasteiger partial charge in [0.1, 0.15) is 23.8 Å². The zero-order chi connectivity index (χ0) is 10.6. The van der Waals surface area contributed by atoms with Gasteiger partial charge in [0, 0.05) is 0 Å². The topological polar surface area (TPSA) is 64.1 Å². The van der Waals surface area contributed by atoms with Gasteiger partial charge in [-0.05, 0) is 15.9 Å². The highest BCUT2D eigenvalue weighted by Gasteiger charge is 2.07. The molecule has 0 atom stereocenters. The van der Waals surface area contributed by atoms with Gasteiger partial charge in [-0.1, -0.05) is 11.6 Å². The zero-order valence-electron chi connectivity index (χ0n) is 7.25. The number of halogens is 2. The fraction of sp³-hybridized carbons (Fsp3) is 0.286. The molecule has 1 aromatic rings. The van der Waals surface area contributed by atoms with Crippen molar-refractivity contribution in [2.24, 2.45) is 0 Å². The highest BCUT2D eigenvalue weighted by atomic mass is 79.9. The van der Waals surface area contributed by atoms with E-state index in [1.165, 1.54) is 13.4 Å². The molecule has 76 valence electrons. The van der Waals surface area contributed by atoms with Crippen LogP contribution in [0.25, 0.3) is 0 Å². The summed E-state index contributed by atoms with van der Waals surface area (Å²) in [7, 11) is 1.31. The molecule has 0 aromatic carbocycles. The number of methoxy groups -OCH3 is 1. The quantitative estimate of drug-likeness (QED) is 0.671. The van der Waals surface area contributed by atoms with E-state index < -0.39 is 0 Å². The molecule has 0 amide bonds. The second kappa shape index (κ2) is 5.11. The van der Waals surface area contributed by atoms with Gasteiger partial charge in [-0.25, -0.2) is 9.97 Å². The van der Waals surface area contributed by atoms with E-state index in [-0.39, 0.29) is 17.7 Å². The molecule has 1 rings (SSSR count). The molecule has 7 heteroatoms. The molecule has 0 saturated carbocycles. The molecule has 0 aliphatic heterocycles. The normalized spacial score (nSPS) is 9.64.